The highest BCUT2D eigenvalue weighted by Crippen LogP contribution is 2.41. The summed E-state index contributed by atoms with van der Waals surface area (Å²) in [4.78, 5) is 35.0. The third kappa shape index (κ3) is 3.93. The zero-order valence-electron chi connectivity index (χ0n) is 17.3. The SMILES string of the molecule is NC(=O)c1cnc(Nc2ccc(N3C(=O)[C@H]4CC[C@@H]3C4)cn2)cc1NC1CCNCC1. The molecule has 2 aromatic rings. The predicted octanol–water partition coefficient (Wildman–Crippen LogP) is 2.00. The van der Waals surface area contributed by atoms with E-state index in [-0.39, 0.29) is 17.9 Å². The minimum atomic E-state index is -0.512. The number of aromatic nitrogens is 2. The van der Waals surface area contributed by atoms with Crippen molar-refractivity contribution in [3.63, 3.8) is 0 Å². The van der Waals surface area contributed by atoms with Crippen LogP contribution in [0.25, 0.3) is 0 Å². The van der Waals surface area contributed by atoms with E-state index in [2.05, 4.69) is 25.9 Å². The zero-order chi connectivity index (χ0) is 21.4. The highest BCUT2D eigenvalue weighted by Gasteiger charge is 2.45. The third-order valence-electron chi connectivity index (χ3n) is 6.51. The smallest absolute Gasteiger partial charge is 0.252 e. The van der Waals surface area contributed by atoms with Gasteiger partial charge in [-0.25, -0.2) is 9.97 Å². The maximum absolute atomic E-state index is 12.5. The van der Waals surface area contributed by atoms with Gasteiger partial charge < -0.3 is 26.6 Å². The number of hydrogen-bond acceptors (Lipinski definition) is 7. The molecule has 2 saturated heterocycles. The minimum absolute atomic E-state index is 0.182. The molecule has 1 aliphatic carbocycles. The van der Waals surface area contributed by atoms with Crippen LogP contribution in [0.15, 0.2) is 30.6 Å². The van der Waals surface area contributed by atoms with Gasteiger partial charge in [-0.05, 0) is 57.3 Å². The van der Waals surface area contributed by atoms with Crippen LogP contribution in [0.1, 0.15) is 42.5 Å². The number of carbonyl (C=O) groups excluding carboxylic acids is 2. The lowest BCUT2D eigenvalue weighted by molar-refractivity contribution is -0.121. The molecule has 2 amide bonds. The average Bonchev–Trinajstić information content (AvgIpc) is 3.37. The first-order chi connectivity index (χ1) is 15.1. The van der Waals surface area contributed by atoms with Crippen LogP contribution >= 0.6 is 0 Å². The fourth-order valence-corrected chi connectivity index (χ4v) is 4.89. The quantitative estimate of drug-likeness (QED) is 0.562. The topological polar surface area (TPSA) is 125 Å². The number of nitrogens with zero attached hydrogens (tertiary/aromatic N) is 3. The Bertz CT molecular complexity index is 988. The maximum atomic E-state index is 12.5. The van der Waals surface area contributed by atoms with Crippen LogP contribution in [-0.4, -0.2) is 47.0 Å². The summed E-state index contributed by atoms with van der Waals surface area (Å²) < 4.78 is 0. The number of fused-ring (bicyclic) bond motifs is 2. The van der Waals surface area contributed by atoms with Gasteiger partial charge in [0.25, 0.3) is 5.91 Å². The monoisotopic (exact) mass is 421 g/mol. The van der Waals surface area contributed by atoms with Crippen molar-refractivity contribution < 1.29 is 9.59 Å². The lowest BCUT2D eigenvalue weighted by atomic mass is 10.1. The van der Waals surface area contributed by atoms with Crippen molar-refractivity contribution >= 4 is 34.8 Å². The van der Waals surface area contributed by atoms with Gasteiger partial charge in [0.1, 0.15) is 11.6 Å². The summed E-state index contributed by atoms with van der Waals surface area (Å²) in [6, 6.07) is 6.14. The first-order valence-corrected chi connectivity index (χ1v) is 10.9. The second kappa shape index (κ2) is 8.14. The molecule has 4 heterocycles. The highest BCUT2D eigenvalue weighted by molar-refractivity contribution is 5.99. The molecule has 0 aromatic carbocycles. The van der Waals surface area contributed by atoms with E-state index in [0.29, 0.717) is 28.9 Å². The van der Waals surface area contributed by atoms with Gasteiger partial charge >= 0.3 is 0 Å². The Morgan fingerprint density at radius 3 is 2.58 bits per heavy atom. The number of nitrogens with two attached hydrogens (primary N) is 1. The molecule has 0 radical (unpaired) electrons. The van der Waals surface area contributed by atoms with Gasteiger partial charge in [0, 0.05) is 30.3 Å². The van der Waals surface area contributed by atoms with E-state index in [1.165, 1.54) is 6.20 Å². The van der Waals surface area contributed by atoms with Crippen LogP contribution in [-0.2, 0) is 4.79 Å². The molecule has 2 aliphatic heterocycles. The van der Waals surface area contributed by atoms with Gasteiger partial charge in [-0.15, -0.1) is 0 Å². The van der Waals surface area contributed by atoms with E-state index >= 15 is 0 Å². The van der Waals surface area contributed by atoms with Gasteiger partial charge in [-0.1, -0.05) is 0 Å². The molecule has 9 heteroatoms. The fourth-order valence-electron chi connectivity index (χ4n) is 4.89. The first kappa shape index (κ1) is 19.7. The Morgan fingerprint density at radius 1 is 1.10 bits per heavy atom. The Balaban J connectivity index is 1.31. The summed E-state index contributed by atoms with van der Waals surface area (Å²) in [7, 11) is 0. The molecule has 2 bridgehead atoms. The lowest BCUT2D eigenvalue weighted by Gasteiger charge is -2.27. The number of piperidine rings is 2. The number of pyridine rings is 2. The molecule has 1 saturated carbocycles. The molecule has 9 nitrogen and oxygen atoms in total. The minimum Gasteiger partial charge on any atom is -0.381 e. The number of rotatable bonds is 6. The predicted molar refractivity (Wildman–Crippen MR) is 118 cm³/mol. The van der Waals surface area contributed by atoms with Crippen molar-refractivity contribution in [2.45, 2.75) is 44.2 Å². The van der Waals surface area contributed by atoms with E-state index < -0.39 is 5.91 Å². The summed E-state index contributed by atoms with van der Waals surface area (Å²) in [6.07, 6.45) is 8.21. The summed E-state index contributed by atoms with van der Waals surface area (Å²) in [6.45, 7) is 1.88. The number of amides is 2. The molecule has 2 atom stereocenters. The number of primary amides is 1. The van der Waals surface area contributed by atoms with Crippen LogP contribution in [0.3, 0.4) is 0 Å². The molecule has 3 aliphatic rings. The van der Waals surface area contributed by atoms with E-state index in [1.807, 2.05) is 17.0 Å². The van der Waals surface area contributed by atoms with Gasteiger partial charge in [-0.2, -0.15) is 0 Å². The molecule has 0 unspecified atom stereocenters. The highest BCUT2D eigenvalue weighted by atomic mass is 16.2. The van der Waals surface area contributed by atoms with Crippen molar-refractivity contribution in [2.75, 3.05) is 28.6 Å². The standard InChI is InChI=1S/C22H27N7O2/c23-21(30)17-12-26-20(10-18(17)27-14-5-7-24-8-6-14)28-19-4-3-16(11-25-19)29-15-2-1-13(9-15)22(29)31/h3-4,10-15,24H,1-2,5-9H2,(H2,23,30)(H2,25,26,27,28)/t13-,15+/m0/s1. The fraction of sp³-hybridized carbons (Fsp3) is 0.455. The molecule has 5 N–H and O–H groups in total. The molecule has 31 heavy (non-hydrogen) atoms. The van der Waals surface area contributed by atoms with Crippen LogP contribution in [0.5, 0.6) is 0 Å². The molecular weight excluding hydrogens is 394 g/mol. The van der Waals surface area contributed by atoms with E-state index in [0.717, 1.165) is 50.9 Å². The summed E-state index contributed by atoms with van der Waals surface area (Å²) in [5.74, 6) is 1.07. The Kier molecular flexibility index (Phi) is 5.19. The summed E-state index contributed by atoms with van der Waals surface area (Å²) in [5, 5.41) is 9.95. The number of hydrogen-bond donors (Lipinski definition) is 4. The molecule has 2 aromatic heterocycles. The number of nitrogens with one attached hydrogen (secondary N) is 3. The van der Waals surface area contributed by atoms with Gasteiger partial charge in [0.15, 0.2) is 0 Å². The van der Waals surface area contributed by atoms with Crippen molar-refractivity contribution in [1.29, 1.82) is 0 Å². The summed E-state index contributed by atoms with van der Waals surface area (Å²) in [5.41, 5.74) is 7.42. The summed E-state index contributed by atoms with van der Waals surface area (Å²) >= 11 is 0. The number of anilines is 4. The van der Waals surface area contributed by atoms with E-state index in [1.54, 1.807) is 12.3 Å². The Morgan fingerprint density at radius 2 is 1.90 bits per heavy atom. The van der Waals surface area contributed by atoms with Crippen LogP contribution in [0.2, 0.25) is 0 Å². The third-order valence-corrected chi connectivity index (χ3v) is 6.51. The van der Waals surface area contributed by atoms with Gasteiger partial charge in [0.05, 0.1) is 23.1 Å². The van der Waals surface area contributed by atoms with E-state index in [4.69, 9.17) is 5.73 Å². The molecule has 5 rings (SSSR count). The second-order valence-corrected chi connectivity index (χ2v) is 8.55. The zero-order valence-corrected chi connectivity index (χ0v) is 17.3. The van der Waals surface area contributed by atoms with E-state index in [9.17, 15) is 9.59 Å². The average molecular weight is 422 g/mol. The first-order valence-electron chi connectivity index (χ1n) is 10.9. The Labute approximate surface area is 180 Å². The maximum Gasteiger partial charge on any atom is 0.252 e. The van der Waals surface area contributed by atoms with Crippen molar-refractivity contribution in [1.82, 2.24) is 15.3 Å². The molecular formula is C22H27N7O2. The van der Waals surface area contributed by atoms with Crippen LogP contribution < -0.4 is 26.6 Å². The molecule has 3 fully saturated rings. The van der Waals surface area contributed by atoms with Gasteiger partial charge in [-0.3, -0.25) is 9.59 Å². The molecule has 0 spiro atoms. The van der Waals surface area contributed by atoms with Crippen molar-refractivity contribution in [3.8, 4) is 0 Å². The van der Waals surface area contributed by atoms with Crippen molar-refractivity contribution in [3.05, 3.63) is 36.2 Å². The molecule has 162 valence electrons. The lowest BCUT2D eigenvalue weighted by Crippen LogP contribution is -2.36. The number of carbonyl (C=O) groups is 2. The van der Waals surface area contributed by atoms with Gasteiger partial charge in [0.2, 0.25) is 5.91 Å². The van der Waals surface area contributed by atoms with Crippen molar-refractivity contribution in [2.24, 2.45) is 11.7 Å². The Hall–Kier alpha value is -3.20. The van der Waals surface area contributed by atoms with Crippen LogP contribution in [0, 0.1) is 5.92 Å². The second-order valence-electron chi connectivity index (χ2n) is 8.55. The largest absolute Gasteiger partial charge is 0.381 e. The normalized spacial score (nSPS) is 23.2. The van der Waals surface area contributed by atoms with Crippen LogP contribution in [0.4, 0.5) is 23.0 Å².